The molecule has 1 aliphatic rings. The highest BCUT2D eigenvalue weighted by Gasteiger charge is 2.25. The molecule has 1 atom stereocenters. The van der Waals surface area contributed by atoms with Gasteiger partial charge in [0.05, 0.1) is 0 Å². The Labute approximate surface area is 76.5 Å². The lowest BCUT2D eigenvalue weighted by atomic mass is 10.00. The summed E-state index contributed by atoms with van der Waals surface area (Å²) in [5.41, 5.74) is 0. The average molecular weight is 170 g/mol. The second kappa shape index (κ2) is 4.24. The highest BCUT2D eigenvalue weighted by Crippen LogP contribution is 2.15. The number of nitrogens with zero attached hydrogens (tertiary/aromatic N) is 2. The van der Waals surface area contributed by atoms with Gasteiger partial charge >= 0.3 is 0 Å². The van der Waals surface area contributed by atoms with E-state index < -0.39 is 0 Å². The monoisotopic (exact) mass is 170 g/mol. The molecule has 72 valence electrons. The fraction of sp³-hybridized carbons (Fsp3) is 1.00. The van der Waals surface area contributed by atoms with Gasteiger partial charge in [0, 0.05) is 25.7 Å². The first-order valence-corrected chi connectivity index (χ1v) is 5.07. The van der Waals surface area contributed by atoms with Crippen LogP contribution < -0.4 is 0 Å². The Morgan fingerprint density at radius 2 is 2.00 bits per heavy atom. The summed E-state index contributed by atoms with van der Waals surface area (Å²) >= 11 is 0. The maximum Gasteiger partial charge on any atom is 0.0246 e. The molecule has 0 aromatic heterocycles. The van der Waals surface area contributed by atoms with Crippen LogP contribution in [0.4, 0.5) is 0 Å². The fourth-order valence-electron chi connectivity index (χ4n) is 2.02. The van der Waals surface area contributed by atoms with E-state index in [-0.39, 0.29) is 0 Å². The molecule has 1 aliphatic heterocycles. The van der Waals surface area contributed by atoms with Crippen molar-refractivity contribution in [2.75, 3.05) is 33.2 Å². The van der Waals surface area contributed by atoms with Gasteiger partial charge in [-0.15, -0.1) is 0 Å². The third-order valence-corrected chi connectivity index (χ3v) is 2.91. The first-order valence-electron chi connectivity index (χ1n) is 5.07. The van der Waals surface area contributed by atoms with Crippen LogP contribution in [0.15, 0.2) is 0 Å². The van der Waals surface area contributed by atoms with E-state index in [1.165, 1.54) is 26.2 Å². The predicted octanol–water partition coefficient (Wildman–Crippen LogP) is 1.28. The predicted molar refractivity (Wildman–Crippen MR) is 53.4 cm³/mol. The number of hydrogen-bond donors (Lipinski definition) is 0. The number of hydrogen-bond acceptors (Lipinski definition) is 2. The molecule has 1 fully saturated rings. The second-order valence-corrected chi connectivity index (χ2v) is 4.20. The molecule has 0 aromatic rings. The topological polar surface area (TPSA) is 6.48 Å². The number of piperazine rings is 1. The molecule has 1 rings (SSSR count). The standard InChI is InChI=1S/C10H22N2/c1-5-12-7-6-11(4)8-10(12)9(2)3/h9-10H,5-8H2,1-4H3. The lowest BCUT2D eigenvalue weighted by molar-refractivity contribution is 0.0679. The Morgan fingerprint density at radius 3 is 2.50 bits per heavy atom. The lowest BCUT2D eigenvalue weighted by Gasteiger charge is -2.41. The van der Waals surface area contributed by atoms with E-state index in [1.807, 2.05) is 0 Å². The molecule has 12 heavy (non-hydrogen) atoms. The van der Waals surface area contributed by atoms with E-state index in [0.717, 1.165) is 12.0 Å². The molecule has 0 spiro atoms. The summed E-state index contributed by atoms with van der Waals surface area (Å²) < 4.78 is 0. The molecule has 2 heteroatoms. The molecule has 0 saturated carbocycles. The van der Waals surface area contributed by atoms with Gasteiger partial charge in [-0.2, -0.15) is 0 Å². The zero-order chi connectivity index (χ0) is 9.14. The molecule has 1 unspecified atom stereocenters. The van der Waals surface area contributed by atoms with Crippen molar-refractivity contribution in [1.29, 1.82) is 0 Å². The van der Waals surface area contributed by atoms with Gasteiger partial charge in [0.15, 0.2) is 0 Å². The Kier molecular flexibility index (Phi) is 3.53. The maximum absolute atomic E-state index is 2.60. The third-order valence-electron chi connectivity index (χ3n) is 2.91. The zero-order valence-electron chi connectivity index (χ0n) is 8.88. The Bertz CT molecular complexity index is 134. The van der Waals surface area contributed by atoms with Gasteiger partial charge in [0.25, 0.3) is 0 Å². The van der Waals surface area contributed by atoms with Crippen LogP contribution in [0.25, 0.3) is 0 Å². The van der Waals surface area contributed by atoms with E-state index >= 15 is 0 Å². The molecule has 1 heterocycles. The van der Waals surface area contributed by atoms with Crippen LogP contribution in [-0.4, -0.2) is 49.1 Å². The van der Waals surface area contributed by atoms with Gasteiger partial charge in [-0.05, 0) is 19.5 Å². The number of rotatable bonds is 2. The van der Waals surface area contributed by atoms with Crippen LogP contribution in [-0.2, 0) is 0 Å². The van der Waals surface area contributed by atoms with Crippen molar-refractivity contribution < 1.29 is 0 Å². The zero-order valence-corrected chi connectivity index (χ0v) is 8.88. The summed E-state index contributed by atoms with van der Waals surface area (Å²) in [5, 5.41) is 0. The van der Waals surface area contributed by atoms with Gasteiger partial charge in [-0.3, -0.25) is 4.90 Å². The molecule has 2 nitrogen and oxygen atoms in total. The minimum absolute atomic E-state index is 0.772. The smallest absolute Gasteiger partial charge is 0.0246 e. The van der Waals surface area contributed by atoms with E-state index in [1.54, 1.807) is 0 Å². The Balaban J connectivity index is 2.52. The largest absolute Gasteiger partial charge is 0.304 e. The minimum atomic E-state index is 0.772. The summed E-state index contributed by atoms with van der Waals surface area (Å²) in [6.45, 7) is 11.8. The molecular weight excluding hydrogens is 148 g/mol. The molecule has 0 radical (unpaired) electrons. The van der Waals surface area contributed by atoms with Gasteiger partial charge in [-0.25, -0.2) is 0 Å². The van der Waals surface area contributed by atoms with Crippen LogP contribution in [0.5, 0.6) is 0 Å². The van der Waals surface area contributed by atoms with Gasteiger partial charge in [0.1, 0.15) is 0 Å². The lowest BCUT2D eigenvalue weighted by Crippen LogP contribution is -2.53. The van der Waals surface area contributed by atoms with E-state index in [9.17, 15) is 0 Å². The maximum atomic E-state index is 2.60. The van der Waals surface area contributed by atoms with Gasteiger partial charge in [-0.1, -0.05) is 20.8 Å². The van der Waals surface area contributed by atoms with E-state index in [2.05, 4.69) is 37.6 Å². The quantitative estimate of drug-likeness (QED) is 0.616. The van der Waals surface area contributed by atoms with Crippen LogP contribution >= 0.6 is 0 Å². The second-order valence-electron chi connectivity index (χ2n) is 4.20. The molecular formula is C10H22N2. The van der Waals surface area contributed by atoms with Crippen LogP contribution in [0.1, 0.15) is 20.8 Å². The van der Waals surface area contributed by atoms with Crippen molar-refractivity contribution in [1.82, 2.24) is 9.80 Å². The summed E-state index contributed by atoms with van der Waals surface area (Å²) in [5.74, 6) is 0.785. The number of likely N-dealkylation sites (N-methyl/N-ethyl adjacent to an activating group) is 2. The summed E-state index contributed by atoms with van der Waals surface area (Å²) in [7, 11) is 2.22. The van der Waals surface area contributed by atoms with Crippen molar-refractivity contribution in [3.8, 4) is 0 Å². The van der Waals surface area contributed by atoms with Crippen LogP contribution in [0.3, 0.4) is 0 Å². The third kappa shape index (κ3) is 2.20. The molecule has 0 amide bonds. The fourth-order valence-corrected chi connectivity index (χ4v) is 2.02. The minimum Gasteiger partial charge on any atom is -0.304 e. The van der Waals surface area contributed by atoms with Crippen molar-refractivity contribution in [3.63, 3.8) is 0 Å². The first kappa shape index (κ1) is 10.0. The summed E-state index contributed by atoms with van der Waals surface area (Å²) in [6, 6.07) is 0.772. The van der Waals surface area contributed by atoms with Crippen LogP contribution in [0, 0.1) is 5.92 Å². The van der Waals surface area contributed by atoms with Gasteiger partial charge in [0.2, 0.25) is 0 Å². The summed E-state index contributed by atoms with van der Waals surface area (Å²) in [6.07, 6.45) is 0. The van der Waals surface area contributed by atoms with Crippen molar-refractivity contribution in [3.05, 3.63) is 0 Å². The van der Waals surface area contributed by atoms with Gasteiger partial charge < -0.3 is 4.90 Å². The van der Waals surface area contributed by atoms with E-state index in [0.29, 0.717) is 0 Å². The molecule has 0 bridgehead atoms. The van der Waals surface area contributed by atoms with Crippen molar-refractivity contribution in [2.24, 2.45) is 5.92 Å². The van der Waals surface area contributed by atoms with Crippen LogP contribution in [0.2, 0.25) is 0 Å². The normalized spacial score (nSPS) is 28.2. The SMILES string of the molecule is CCN1CCN(C)CC1C(C)C. The van der Waals surface area contributed by atoms with Crippen molar-refractivity contribution in [2.45, 2.75) is 26.8 Å². The van der Waals surface area contributed by atoms with E-state index in [4.69, 9.17) is 0 Å². The summed E-state index contributed by atoms with van der Waals surface area (Å²) in [4.78, 5) is 5.04. The molecule has 0 aliphatic carbocycles. The average Bonchev–Trinajstić information content (AvgIpc) is 2.04. The Morgan fingerprint density at radius 1 is 1.33 bits per heavy atom. The Hall–Kier alpha value is -0.0800. The molecule has 1 saturated heterocycles. The molecule has 0 aromatic carbocycles. The van der Waals surface area contributed by atoms with Crippen molar-refractivity contribution >= 4 is 0 Å². The molecule has 0 N–H and O–H groups in total. The first-order chi connectivity index (χ1) is 5.65. The highest BCUT2D eigenvalue weighted by atomic mass is 15.3. The highest BCUT2D eigenvalue weighted by molar-refractivity contribution is 4.81.